The zero-order chi connectivity index (χ0) is 45.6. The molecule has 0 aliphatic rings. The predicted molar refractivity (Wildman–Crippen MR) is 223 cm³/mol. The summed E-state index contributed by atoms with van der Waals surface area (Å²) in [5, 5.41) is 11.5. The van der Waals surface area contributed by atoms with Crippen molar-refractivity contribution in [2.24, 2.45) is 14.1 Å². The number of nitrogens with zero attached hydrogens (tertiary/aromatic N) is 6. The number of nitrogen functional groups attached to an aromatic ring is 1. The lowest BCUT2D eigenvalue weighted by Gasteiger charge is -2.14. The van der Waals surface area contributed by atoms with E-state index in [1.807, 2.05) is 0 Å². The predicted octanol–water partition coefficient (Wildman–Crippen LogP) is 8.25. The van der Waals surface area contributed by atoms with E-state index in [2.05, 4.69) is 25.3 Å². The van der Waals surface area contributed by atoms with Crippen molar-refractivity contribution >= 4 is 45.1 Å². The lowest BCUT2D eigenvalue weighted by Crippen LogP contribution is -2.21. The molecule has 0 radical (unpaired) electrons. The SMILES string of the molecule is Cn1c(-c2cccc(C(F)(F)F)c2)nc2c(N)cccc2c1=O.Cn1c(-c2cccc(C(F)(F)F)c2)nc2c(NC(=O)c3ccccn3)cccc2c1=O.O=C(O)c1ccccn1. The quantitative estimate of drug-likeness (QED) is 0.112. The van der Waals surface area contributed by atoms with Gasteiger partial charge in [-0.05, 0) is 72.8 Å². The van der Waals surface area contributed by atoms with Crippen molar-refractivity contribution in [2.45, 2.75) is 12.4 Å². The van der Waals surface area contributed by atoms with Crippen LogP contribution in [0.25, 0.3) is 44.6 Å². The Morgan fingerprint density at radius 3 is 1.52 bits per heavy atom. The van der Waals surface area contributed by atoms with Crippen LogP contribution in [-0.4, -0.2) is 46.1 Å². The van der Waals surface area contributed by atoms with Gasteiger partial charge in [0.15, 0.2) is 0 Å². The van der Waals surface area contributed by atoms with Gasteiger partial charge >= 0.3 is 18.3 Å². The zero-order valence-corrected chi connectivity index (χ0v) is 32.8. The van der Waals surface area contributed by atoms with Gasteiger partial charge in [0.1, 0.15) is 34.1 Å². The molecule has 0 spiro atoms. The smallest absolute Gasteiger partial charge is 0.416 e. The van der Waals surface area contributed by atoms with Gasteiger partial charge in [0.25, 0.3) is 17.0 Å². The number of carbonyl (C=O) groups excluding carboxylic acids is 1. The molecule has 0 aliphatic carbocycles. The molecular weight excluding hydrogens is 835 g/mol. The largest absolute Gasteiger partial charge is 0.477 e. The third-order valence-electron chi connectivity index (χ3n) is 9.17. The Morgan fingerprint density at radius 2 is 1.06 bits per heavy atom. The van der Waals surface area contributed by atoms with E-state index < -0.39 is 40.9 Å². The lowest BCUT2D eigenvalue weighted by molar-refractivity contribution is -0.138. The number of amides is 1. The number of aromatic nitrogens is 6. The summed E-state index contributed by atoms with van der Waals surface area (Å²) in [6.45, 7) is 0. The topological polar surface area (TPSA) is 188 Å². The maximum Gasteiger partial charge on any atom is 0.416 e. The van der Waals surface area contributed by atoms with Crippen molar-refractivity contribution in [3.8, 4) is 22.8 Å². The van der Waals surface area contributed by atoms with E-state index in [4.69, 9.17) is 10.8 Å². The molecule has 320 valence electrons. The molecule has 13 nitrogen and oxygen atoms in total. The number of nitrogens with one attached hydrogen (secondary N) is 1. The van der Waals surface area contributed by atoms with Crippen molar-refractivity contribution in [1.82, 2.24) is 29.1 Å². The second-order valence-electron chi connectivity index (χ2n) is 13.4. The molecule has 0 saturated heterocycles. The van der Waals surface area contributed by atoms with Gasteiger partial charge < -0.3 is 16.2 Å². The maximum absolute atomic E-state index is 13.1. The minimum atomic E-state index is -4.53. The number of hydrogen-bond acceptors (Lipinski definition) is 9. The molecule has 0 fully saturated rings. The lowest BCUT2D eigenvalue weighted by atomic mass is 10.1. The average Bonchev–Trinajstić information content (AvgIpc) is 3.27. The van der Waals surface area contributed by atoms with E-state index >= 15 is 0 Å². The number of carboxylic acid groups (broad SMARTS) is 1. The number of anilines is 2. The van der Waals surface area contributed by atoms with Gasteiger partial charge in [-0.3, -0.25) is 28.5 Å². The number of alkyl halides is 6. The number of nitrogens with two attached hydrogens (primary N) is 1. The number of carboxylic acids is 1. The van der Waals surface area contributed by atoms with Crippen LogP contribution < -0.4 is 22.2 Å². The first-order chi connectivity index (χ1) is 29.8. The number of hydrogen-bond donors (Lipinski definition) is 3. The monoisotopic (exact) mass is 866 g/mol. The van der Waals surface area contributed by atoms with Gasteiger partial charge in [0.2, 0.25) is 0 Å². The second-order valence-corrected chi connectivity index (χ2v) is 13.4. The van der Waals surface area contributed by atoms with Crippen molar-refractivity contribution in [3.63, 3.8) is 0 Å². The number of rotatable bonds is 5. The van der Waals surface area contributed by atoms with Gasteiger partial charge in [0.05, 0.1) is 33.3 Å². The standard InChI is InChI=1S/C22H15F3N4O2.C16H12F3N3O.C6H5NO2/c1-29-19(13-6-4-7-14(12-13)22(23,24)25)28-18-15(21(29)31)8-5-10-16(18)27-20(30)17-9-2-3-11-26-17;1-22-14(9-4-2-5-10(8-9)16(17,18)19)21-13-11(15(22)23)6-3-7-12(13)20;8-6(9)5-3-1-2-4-7-5/h2-12H,1H3,(H,27,30);2-8H,20H2,1H3;1-4H,(H,8,9). The first kappa shape index (κ1) is 44.3. The molecule has 4 heterocycles. The van der Waals surface area contributed by atoms with Crippen LogP contribution >= 0.6 is 0 Å². The molecule has 63 heavy (non-hydrogen) atoms. The van der Waals surface area contributed by atoms with Crippen LogP contribution in [-0.2, 0) is 26.4 Å². The fourth-order valence-corrected chi connectivity index (χ4v) is 6.07. The Hall–Kier alpha value is -8.22. The van der Waals surface area contributed by atoms with E-state index in [1.54, 1.807) is 54.6 Å². The molecule has 4 N–H and O–H groups in total. The fraction of sp³-hybridized carbons (Fsp3) is 0.0909. The molecule has 0 saturated carbocycles. The minimum absolute atomic E-state index is 0.0446. The third kappa shape index (κ3) is 10.1. The highest BCUT2D eigenvalue weighted by Gasteiger charge is 2.32. The van der Waals surface area contributed by atoms with Gasteiger partial charge in [-0.25, -0.2) is 19.7 Å². The van der Waals surface area contributed by atoms with Gasteiger partial charge in [-0.1, -0.05) is 48.5 Å². The molecule has 0 aliphatic heterocycles. The third-order valence-corrected chi connectivity index (χ3v) is 9.17. The molecule has 0 unspecified atom stereocenters. The summed E-state index contributed by atoms with van der Waals surface area (Å²) in [5.74, 6) is -1.32. The van der Waals surface area contributed by atoms with E-state index in [0.29, 0.717) is 11.1 Å². The number of aromatic carboxylic acids is 1. The normalized spacial score (nSPS) is 11.2. The number of carbonyl (C=O) groups is 2. The maximum atomic E-state index is 13.1. The van der Waals surface area contributed by atoms with Crippen LogP contribution in [0.15, 0.2) is 143 Å². The summed E-state index contributed by atoms with van der Waals surface area (Å²) < 4.78 is 80.4. The molecule has 8 rings (SSSR count). The Balaban J connectivity index is 0.000000180. The first-order valence-corrected chi connectivity index (χ1v) is 18.3. The summed E-state index contributed by atoms with van der Waals surface area (Å²) in [5.41, 5.74) is 4.93. The van der Waals surface area contributed by atoms with E-state index in [0.717, 1.165) is 24.3 Å². The van der Waals surface area contributed by atoms with Gasteiger partial charge in [-0.2, -0.15) is 26.3 Å². The van der Waals surface area contributed by atoms with Crippen LogP contribution in [0.4, 0.5) is 37.7 Å². The van der Waals surface area contributed by atoms with Crippen LogP contribution in [0.2, 0.25) is 0 Å². The summed E-state index contributed by atoms with van der Waals surface area (Å²) in [6, 6.07) is 28.4. The summed E-state index contributed by atoms with van der Waals surface area (Å²) in [6.07, 6.45) is -6.08. The highest BCUT2D eigenvalue weighted by atomic mass is 19.4. The van der Waals surface area contributed by atoms with Gasteiger partial charge in [0, 0.05) is 37.6 Å². The molecule has 0 bridgehead atoms. The average molecular weight is 867 g/mol. The van der Waals surface area contributed by atoms with Crippen LogP contribution in [0.3, 0.4) is 0 Å². The first-order valence-electron chi connectivity index (χ1n) is 18.3. The van der Waals surface area contributed by atoms with Gasteiger partial charge in [-0.15, -0.1) is 0 Å². The molecule has 19 heteroatoms. The van der Waals surface area contributed by atoms with Crippen molar-refractivity contribution in [3.05, 3.63) is 177 Å². The van der Waals surface area contributed by atoms with E-state index in [-0.39, 0.29) is 61.8 Å². The van der Waals surface area contributed by atoms with E-state index in [9.17, 15) is 45.5 Å². The van der Waals surface area contributed by atoms with Crippen molar-refractivity contribution in [1.29, 1.82) is 0 Å². The van der Waals surface area contributed by atoms with Crippen molar-refractivity contribution < 1.29 is 41.0 Å². The van der Waals surface area contributed by atoms with E-state index in [1.165, 1.54) is 78.1 Å². The van der Waals surface area contributed by atoms with Crippen molar-refractivity contribution in [2.75, 3.05) is 11.1 Å². The molecule has 0 atom stereocenters. The minimum Gasteiger partial charge on any atom is -0.477 e. The number of pyridine rings is 2. The Bertz CT molecular complexity index is 3100. The number of benzene rings is 4. The molecular formula is C44H32F6N8O5. The van der Waals surface area contributed by atoms with Crippen LogP contribution in [0.5, 0.6) is 0 Å². The summed E-state index contributed by atoms with van der Waals surface area (Å²) in [7, 11) is 2.90. The Labute approximate surface area is 351 Å². The number of para-hydroxylation sites is 2. The molecule has 4 aromatic heterocycles. The molecule has 1 amide bonds. The zero-order valence-electron chi connectivity index (χ0n) is 32.8. The Morgan fingerprint density at radius 1 is 0.603 bits per heavy atom. The molecule has 8 aromatic rings. The number of halogens is 6. The summed E-state index contributed by atoms with van der Waals surface area (Å²) >= 11 is 0. The fourth-order valence-electron chi connectivity index (χ4n) is 6.07. The second kappa shape index (κ2) is 18.2. The van der Waals surface area contributed by atoms with Crippen LogP contribution in [0, 0.1) is 0 Å². The van der Waals surface area contributed by atoms with Crippen LogP contribution in [0.1, 0.15) is 32.1 Å². The highest BCUT2D eigenvalue weighted by molar-refractivity contribution is 6.07. The number of fused-ring (bicyclic) bond motifs is 2. The highest BCUT2D eigenvalue weighted by Crippen LogP contribution is 2.33. The summed E-state index contributed by atoms with van der Waals surface area (Å²) in [4.78, 5) is 64.2. The molecule has 4 aromatic carbocycles. The Kier molecular flexibility index (Phi) is 12.8.